The number of aromatic amines is 2. The first-order valence-electron chi connectivity index (χ1n) is 14.6. The Kier molecular flexibility index (Phi) is 7.97. The van der Waals surface area contributed by atoms with Gasteiger partial charge < -0.3 is 24.9 Å². The van der Waals surface area contributed by atoms with Gasteiger partial charge in [0.25, 0.3) is 0 Å². The van der Waals surface area contributed by atoms with Crippen molar-refractivity contribution in [2.45, 2.75) is 109 Å². The maximum absolute atomic E-state index is 13.4. The van der Waals surface area contributed by atoms with E-state index >= 15 is 0 Å². The summed E-state index contributed by atoms with van der Waals surface area (Å²) in [5.74, 6) is 0.155. The van der Waals surface area contributed by atoms with Crippen LogP contribution in [0.4, 0.5) is 15.4 Å². The first-order chi connectivity index (χ1) is 20.1. The van der Waals surface area contributed by atoms with Crippen LogP contribution in [0.1, 0.15) is 85.8 Å². The molecule has 43 heavy (non-hydrogen) atoms. The number of hydrogen-bond acceptors (Lipinski definition) is 9. The van der Waals surface area contributed by atoms with E-state index in [0.717, 1.165) is 38.5 Å². The highest BCUT2D eigenvalue weighted by molar-refractivity contribution is 5.88. The number of ether oxygens (including phenoxy) is 2. The number of nitrogens with zero attached hydrogens (tertiary/aromatic N) is 5. The zero-order chi connectivity index (χ0) is 31.1. The number of carbonyl (C=O) groups is 2. The number of nitrogens with one attached hydrogen (secondary N) is 3. The van der Waals surface area contributed by atoms with E-state index in [2.05, 4.69) is 20.4 Å². The summed E-state index contributed by atoms with van der Waals surface area (Å²) >= 11 is 0. The van der Waals surface area contributed by atoms with Gasteiger partial charge in [-0.2, -0.15) is 9.61 Å². The first kappa shape index (κ1) is 30.1. The van der Waals surface area contributed by atoms with Crippen LogP contribution in [0.5, 0.6) is 5.88 Å². The van der Waals surface area contributed by atoms with Crippen molar-refractivity contribution in [2.75, 3.05) is 4.90 Å². The van der Waals surface area contributed by atoms with E-state index in [9.17, 15) is 19.5 Å². The average molecular weight is 597 g/mol. The quantitative estimate of drug-likeness (QED) is 0.347. The number of fused-ring (bicyclic) bond motifs is 1. The van der Waals surface area contributed by atoms with Crippen LogP contribution < -0.4 is 26.6 Å². The number of amides is 2. The number of aromatic nitrogens is 5. The van der Waals surface area contributed by atoms with Crippen LogP contribution in [-0.4, -0.2) is 71.2 Å². The number of alkyl carbamates (subject to hydrolysis) is 1. The van der Waals surface area contributed by atoms with Gasteiger partial charge in [-0.1, -0.05) is 0 Å². The van der Waals surface area contributed by atoms with Gasteiger partial charge in [0, 0.05) is 23.4 Å². The highest BCUT2D eigenvalue weighted by atomic mass is 16.6. The molecule has 3 aromatic heterocycles. The molecule has 232 valence electrons. The Bertz CT molecular complexity index is 1680. The van der Waals surface area contributed by atoms with Gasteiger partial charge >= 0.3 is 17.9 Å². The number of hydrogen-bond donors (Lipinski definition) is 4. The third kappa shape index (κ3) is 7.54. The lowest BCUT2D eigenvalue weighted by molar-refractivity contribution is 0.0489. The molecule has 2 aliphatic carbocycles. The molecular formula is C29H40N8O6. The fraction of sp³-hybridized carbons (Fsp3) is 0.586. The van der Waals surface area contributed by atoms with Crippen molar-refractivity contribution >= 4 is 29.7 Å². The molecule has 3 aromatic rings. The number of rotatable bonds is 5. The van der Waals surface area contributed by atoms with Crippen molar-refractivity contribution in [3.05, 3.63) is 39.1 Å². The molecule has 5 rings (SSSR count). The molecule has 2 aliphatic rings. The number of anilines is 1. The van der Waals surface area contributed by atoms with Crippen molar-refractivity contribution in [3.63, 3.8) is 0 Å². The summed E-state index contributed by atoms with van der Waals surface area (Å²) in [6, 6.07) is 1.64. The Labute approximate surface area is 248 Å². The maximum atomic E-state index is 13.4. The second-order valence-electron chi connectivity index (χ2n) is 13.2. The molecule has 0 atom stereocenters. The van der Waals surface area contributed by atoms with E-state index in [1.54, 1.807) is 27.8 Å². The van der Waals surface area contributed by atoms with Crippen molar-refractivity contribution < 1.29 is 24.2 Å². The monoisotopic (exact) mass is 596 g/mol. The lowest BCUT2D eigenvalue weighted by Gasteiger charge is -2.28. The van der Waals surface area contributed by atoms with Crippen molar-refractivity contribution in [1.29, 1.82) is 0 Å². The van der Waals surface area contributed by atoms with Crippen molar-refractivity contribution in [2.24, 2.45) is 4.99 Å². The van der Waals surface area contributed by atoms with Crippen LogP contribution in [0.2, 0.25) is 0 Å². The number of imidazole rings is 1. The lowest BCUT2D eigenvalue weighted by Crippen LogP contribution is -2.41. The summed E-state index contributed by atoms with van der Waals surface area (Å²) in [6.07, 6.45) is 6.77. The van der Waals surface area contributed by atoms with Gasteiger partial charge in [0.1, 0.15) is 22.7 Å². The molecule has 3 heterocycles. The number of H-pyrrole nitrogens is 2. The minimum absolute atomic E-state index is 0.00274. The van der Waals surface area contributed by atoms with Gasteiger partial charge in [-0.05, 0) is 86.1 Å². The standard InChI is InChI=1S/C29H40N8O6/c1-28(2,3)42-26(40)32-18-9-7-17(8-10-18)31-21-14-22(36(19-11-12-19)27(41)43-29(4,5)6)37-23(34-21)16(15-30-37)13-20-24(38)35-25(39)33-20/h13-15,17-19,38H,7-12H2,1-6H3,(H,32,40)(H2,33,35,39)/b16-13+,31-21?. The zero-order valence-corrected chi connectivity index (χ0v) is 25.4. The molecule has 0 radical (unpaired) electrons. The highest BCUT2D eigenvalue weighted by Crippen LogP contribution is 2.32. The third-order valence-electron chi connectivity index (χ3n) is 6.98. The zero-order valence-electron chi connectivity index (χ0n) is 25.4. The molecule has 2 amide bonds. The minimum atomic E-state index is -0.698. The fourth-order valence-electron chi connectivity index (χ4n) is 5.02. The van der Waals surface area contributed by atoms with E-state index in [1.165, 1.54) is 0 Å². The van der Waals surface area contributed by atoms with Crippen molar-refractivity contribution in [1.82, 2.24) is 29.9 Å². The summed E-state index contributed by atoms with van der Waals surface area (Å²) < 4.78 is 12.7. The molecule has 0 bridgehead atoms. The molecule has 14 heteroatoms. The normalized spacial score (nSPS) is 20.3. The summed E-state index contributed by atoms with van der Waals surface area (Å²) in [7, 11) is 0. The largest absolute Gasteiger partial charge is 0.493 e. The molecular weight excluding hydrogens is 556 g/mol. The topological polar surface area (TPSA) is 179 Å². The van der Waals surface area contributed by atoms with Crippen LogP contribution in [-0.2, 0) is 9.47 Å². The second kappa shape index (κ2) is 11.4. The predicted octanol–water partition coefficient (Wildman–Crippen LogP) is 2.64. The molecule has 0 aromatic carbocycles. The van der Waals surface area contributed by atoms with Gasteiger partial charge in [-0.3, -0.25) is 14.9 Å². The van der Waals surface area contributed by atoms with Crippen LogP contribution in [0, 0.1) is 0 Å². The minimum Gasteiger partial charge on any atom is -0.493 e. The Morgan fingerprint density at radius 2 is 1.74 bits per heavy atom. The van der Waals surface area contributed by atoms with Crippen LogP contribution in [0.15, 0.2) is 22.1 Å². The number of aromatic hydroxyl groups is 1. The lowest BCUT2D eigenvalue weighted by atomic mass is 9.91. The second-order valence-corrected chi connectivity index (χ2v) is 13.2. The van der Waals surface area contributed by atoms with Gasteiger partial charge in [0.15, 0.2) is 11.1 Å². The summed E-state index contributed by atoms with van der Waals surface area (Å²) in [4.78, 5) is 53.5. The third-order valence-corrected chi connectivity index (χ3v) is 6.98. The number of carbonyl (C=O) groups excluding carboxylic acids is 2. The first-order valence-corrected chi connectivity index (χ1v) is 14.6. The Morgan fingerprint density at radius 1 is 1.07 bits per heavy atom. The Hall–Kier alpha value is -4.36. The molecule has 0 spiro atoms. The Morgan fingerprint density at radius 3 is 2.33 bits per heavy atom. The molecule has 0 unspecified atom stereocenters. The van der Waals surface area contributed by atoms with E-state index in [1.807, 2.05) is 41.5 Å². The van der Waals surface area contributed by atoms with E-state index in [0.29, 0.717) is 22.2 Å². The van der Waals surface area contributed by atoms with E-state index in [-0.39, 0.29) is 29.7 Å². The Balaban J connectivity index is 1.51. The van der Waals surface area contributed by atoms with Crippen LogP contribution in [0.25, 0.3) is 11.7 Å². The maximum Gasteiger partial charge on any atom is 0.416 e. The van der Waals surface area contributed by atoms with Gasteiger partial charge in [0.05, 0.1) is 12.2 Å². The molecule has 2 fully saturated rings. The average Bonchev–Trinajstić information content (AvgIpc) is 3.54. The van der Waals surface area contributed by atoms with Gasteiger partial charge in [-0.25, -0.2) is 19.4 Å². The molecule has 0 aliphatic heterocycles. The molecule has 4 N–H and O–H groups in total. The molecule has 14 nitrogen and oxygen atoms in total. The fourth-order valence-corrected chi connectivity index (χ4v) is 5.02. The van der Waals surface area contributed by atoms with Crippen LogP contribution >= 0.6 is 0 Å². The highest BCUT2D eigenvalue weighted by Gasteiger charge is 2.38. The molecule has 2 saturated carbocycles. The van der Waals surface area contributed by atoms with E-state index in [4.69, 9.17) is 19.5 Å². The van der Waals surface area contributed by atoms with Gasteiger partial charge in [0.2, 0.25) is 5.88 Å². The summed E-state index contributed by atoms with van der Waals surface area (Å²) in [5.41, 5.74) is -0.824. The molecule has 0 saturated heterocycles. The predicted molar refractivity (Wildman–Crippen MR) is 158 cm³/mol. The van der Waals surface area contributed by atoms with Gasteiger partial charge in [-0.15, -0.1) is 0 Å². The SMILES string of the molecule is CC(C)(C)OC(=O)NC1CCC(N=c2cc(N(C(=O)OC(C)(C)C)C3CC3)n3nc/c(=C\c4[nH]c(=O)[nH]c4O)c3n2)CC1. The van der Waals surface area contributed by atoms with Crippen molar-refractivity contribution in [3.8, 4) is 5.88 Å². The van der Waals surface area contributed by atoms with E-state index < -0.39 is 29.1 Å². The summed E-state index contributed by atoms with van der Waals surface area (Å²) in [6.45, 7) is 10.9. The summed E-state index contributed by atoms with van der Waals surface area (Å²) in [5, 5.41) is 18.1. The van der Waals surface area contributed by atoms with Crippen LogP contribution in [0.3, 0.4) is 0 Å². The smallest absolute Gasteiger partial charge is 0.416 e.